The van der Waals surface area contributed by atoms with Crippen molar-refractivity contribution in [3.8, 4) is 0 Å². The van der Waals surface area contributed by atoms with E-state index in [1.807, 2.05) is 18.2 Å². The van der Waals surface area contributed by atoms with E-state index >= 15 is 0 Å². The van der Waals surface area contributed by atoms with Crippen LogP contribution >= 0.6 is 11.6 Å². The van der Waals surface area contributed by atoms with Crippen LogP contribution in [0.4, 0.5) is 11.4 Å². The molecular formula is C18H18ClN3O3. The molecule has 0 bridgehead atoms. The van der Waals surface area contributed by atoms with Gasteiger partial charge in [0, 0.05) is 11.2 Å². The number of benzene rings is 1. The van der Waals surface area contributed by atoms with Crippen molar-refractivity contribution in [2.75, 3.05) is 5.32 Å². The zero-order chi connectivity index (χ0) is 17.9. The molecule has 0 spiro atoms. The van der Waals surface area contributed by atoms with Crippen LogP contribution in [0.1, 0.15) is 37.7 Å². The predicted molar refractivity (Wildman–Crippen MR) is 95.7 cm³/mol. The lowest BCUT2D eigenvalue weighted by atomic mass is 9.68. The van der Waals surface area contributed by atoms with Crippen molar-refractivity contribution in [3.05, 3.63) is 63.4 Å². The largest absolute Gasteiger partial charge is 0.319 e. The van der Waals surface area contributed by atoms with Crippen molar-refractivity contribution in [1.82, 2.24) is 4.98 Å². The van der Waals surface area contributed by atoms with E-state index in [4.69, 9.17) is 11.6 Å². The molecule has 1 aromatic heterocycles. The van der Waals surface area contributed by atoms with Crippen LogP contribution in [-0.4, -0.2) is 15.8 Å². The van der Waals surface area contributed by atoms with Crippen LogP contribution in [0.3, 0.4) is 0 Å². The minimum Gasteiger partial charge on any atom is -0.319 e. The fraction of sp³-hybridized carbons (Fsp3) is 0.333. The molecule has 6 nitrogen and oxygen atoms in total. The highest BCUT2D eigenvalue weighted by Gasteiger charge is 2.41. The highest BCUT2D eigenvalue weighted by atomic mass is 35.5. The third kappa shape index (κ3) is 3.49. The monoisotopic (exact) mass is 359 g/mol. The maximum absolute atomic E-state index is 13.2. The Hall–Kier alpha value is -2.47. The van der Waals surface area contributed by atoms with Crippen LogP contribution in [0, 0.1) is 10.1 Å². The lowest BCUT2D eigenvalue weighted by molar-refractivity contribution is -0.384. The van der Waals surface area contributed by atoms with E-state index in [9.17, 15) is 14.9 Å². The number of amides is 1. The number of anilines is 1. The van der Waals surface area contributed by atoms with Gasteiger partial charge in [-0.3, -0.25) is 19.9 Å². The molecule has 1 fully saturated rings. The Morgan fingerprint density at radius 1 is 1.24 bits per heavy atom. The van der Waals surface area contributed by atoms with Crippen molar-refractivity contribution in [2.24, 2.45) is 0 Å². The van der Waals surface area contributed by atoms with Crippen molar-refractivity contribution in [2.45, 2.75) is 37.5 Å². The maximum Gasteiger partial charge on any atom is 0.310 e. The van der Waals surface area contributed by atoms with Gasteiger partial charge in [-0.15, -0.1) is 0 Å². The van der Waals surface area contributed by atoms with Gasteiger partial charge in [-0.05, 0) is 36.6 Å². The molecule has 1 saturated carbocycles. The molecule has 1 aromatic carbocycles. The van der Waals surface area contributed by atoms with Crippen molar-refractivity contribution in [3.63, 3.8) is 0 Å². The van der Waals surface area contributed by atoms with Gasteiger partial charge >= 0.3 is 5.69 Å². The summed E-state index contributed by atoms with van der Waals surface area (Å²) in [4.78, 5) is 27.6. The Balaban J connectivity index is 1.97. The number of rotatable bonds is 4. The number of nitrogens with one attached hydrogen (secondary N) is 1. The van der Waals surface area contributed by atoms with Crippen LogP contribution in [0.5, 0.6) is 0 Å². The summed E-state index contributed by atoms with van der Waals surface area (Å²) in [6.45, 7) is 0. The average molecular weight is 360 g/mol. The van der Waals surface area contributed by atoms with Gasteiger partial charge in [-0.2, -0.15) is 0 Å². The van der Waals surface area contributed by atoms with E-state index in [-0.39, 0.29) is 17.3 Å². The van der Waals surface area contributed by atoms with Crippen molar-refractivity contribution < 1.29 is 9.72 Å². The second-order valence-corrected chi connectivity index (χ2v) is 6.69. The second-order valence-electron chi connectivity index (χ2n) is 6.26. The molecule has 130 valence electrons. The van der Waals surface area contributed by atoms with Gasteiger partial charge in [0.25, 0.3) is 0 Å². The van der Waals surface area contributed by atoms with E-state index < -0.39 is 10.3 Å². The lowest BCUT2D eigenvalue weighted by Crippen LogP contribution is -2.42. The van der Waals surface area contributed by atoms with Gasteiger partial charge in [-0.1, -0.05) is 43.0 Å². The number of halogens is 1. The third-order valence-corrected chi connectivity index (χ3v) is 5.00. The number of nitro groups is 1. The van der Waals surface area contributed by atoms with Crippen LogP contribution in [0.25, 0.3) is 0 Å². The first-order valence-corrected chi connectivity index (χ1v) is 8.57. The third-order valence-electron chi connectivity index (χ3n) is 4.76. The summed E-state index contributed by atoms with van der Waals surface area (Å²) in [7, 11) is 0. The summed E-state index contributed by atoms with van der Waals surface area (Å²) in [5, 5.41) is 14.5. The first-order chi connectivity index (χ1) is 12.0. The van der Waals surface area contributed by atoms with Gasteiger partial charge in [0.15, 0.2) is 0 Å². The Bertz CT molecular complexity index is 804. The van der Waals surface area contributed by atoms with Gasteiger partial charge in [0.2, 0.25) is 5.91 Å². The summed E-state index contributed by atoms with van der Waals surface area (Å²) in [5.74, 6) is -0.233. The van der Waals surface area contributed by atoms with E-state index in [0.717, 1.165) is 31.0 Å². The summed E-state index contributed by atoms with van der Waals surface area (Å²) in [5.41, 5.74) is 0.0825. The number of aromatic nitrogens is 1. The fourth-order valence-corrected chi connectivity index (χ4v) is 3.66. The minimum absolute atomic E-state index is 0.164. The zero-order valence-corrected chi connectivity index (χ0v) is 14.3. The van der Waals surface area contributed by atoms with Crippen molar-refractivity contribution >= 4 is 28.9 Å². The van der Waals surface area contributed by atoms with Crippen molar-refractivity contribution in [1.29, 1.82) is 0 Å². The van der Waals surface area contributed by atoms with Crippen LogP contribution in [-0.2, 0) is 10.2 Å². The zero-order valence-electron chi connectivity index (χ0n) is 13.6. The number of hydrogen-bond acceptors (Lipinski definition) is 4. The minimum atomic E-state index is -0.722. The molecule has 0 aliphatic heterocycles. The molecule has 1 amide bonds. The molecule has 1 heterocycles. The summed E-state index contributed by atoms with van der Waals surface area (Å²) >= 11 is 6.13. The molecule has 0 unspecified atom stereocenters. The number of nitrogens with zero attached hydrogens (tertiary/aromatic N) is 2. The molecule has 25 heavy (non-hydrogen) atoms. The number of hydrogen-bond donors (Lipinski definition) is 1. The quantitative estimate of drug-likeness (QED) is 0.644. The summed E-state index contributed by atoms with van der Waals surface area (Å²) < 4.78 is 0. The second kappa shape index (κ2) is 7.19. The molecule has 1 aliphatic carbocycles. The summed E-state index contributed by atoms with van der Waals surface area (Å²) in [6, 6.07) is 8.76. The maximum atomic E-state index is 13.2. The van der Waals surface area contributed by atoms with Gasteiger partial charge in [-0.25, -0.2) is 0 Å². The average Bonchev–Trinajstić information content (AvgIpc) is 2.62. The Labute approximate surface area is 150 Å². The molecule has 0 saturated heterocycles. The summed E-state index contributed by atoms with van der Waals surface area (Å²) in [6.07, 6.45) is 6.88. The number of pyridine rings is 1. The molecular weight excluding hydrogens is 342 g/mol. The van der Waals surface area contributed by atoms with Gasteiger partial charge in [0.05, 0.1) is 10.3 Å². The first-order valence-electron chi connectivity index (χ1n) is 8.19. The van der Waals surface area contributed by atoms with Crippen LogP contribution < -0.4 is 5.32 Å². The SMILES string of the molecule is O=C(Nc1ccncc1[N+](=O)[O-])C1(c2cccc(Cl)c2)CCCCC1. The molecule has 0 atom stereocenters. The van der Waals surface area contributed by atoms with E-state index in [2.05, 4.69) is 10.3 Å². The lowest BCUT2D eigenvalue weighted by Gasteiger charge is -2.36. The van der Waals surface area contributed by atoms with Gasteiger partial charge in [0.1, 0.15) is 11.9 Å². The standard InChI is InChI=1S/C18H18ClN3O3/c19-14-6-4-5-13(11-14)18(8-2-1-3-9-18)17(23)21-15-7-10-20-12-16(15)22(24)25/h4-7,10-12H,1-3,8-9H2,(H,20,21,23). The van der Waals surface area contributed by atoms with Gasteiger partial charge < -0.3 is 5.32 Å². The predicted octanol–water partition coefficient (Wildman–Crippen LogP) is 4.48. The van der Waals surface area contributed by atoms with E-state index in [1.54, 1.807) is 6.07 Å². The number of carbonyl (C=O) groups is 1. The van der Waals surface area contributed by atoms with Crippen LogP contribution in [0.2, 0.25) is 5.02 Å². The smallest absolute Gasteiger partial charge is 0.310 e. The topological polar surface area (TPSA) is 85.1 Å². The van der Waals surface area contributed by atoms with Crippen LogP contribution in [0.15, 0.2) is 42.7 Å². The molecule has 2 aromatic rings. The first kappa shape index (κ1) is 17.4. The molecule has 7 heteroatoms. The van der Waals surface area contributed by atoms with E-state index in [1.165, 1.54) is 12.3 Å². The van der Waals surface area contributed by atoms with E-state index in [0.29, 0.717) is 17.9 Å². The molecule has 1 N–H and O–H groups in total. The Kier molecular flexibility index (Phi) is 4.99. The molecule has 3 rings (SSSR count). The Morgan fingerprint density at radius 2 is 2.00 bits per heavy atom. The molecule has 0 radical (unpaired) electrons. The fourth-order valence-electron chi connectivity index (χ4n) is 3.47. The highest BCUT2D eigenvalue weighted by Crippen LogP contribution is 2.41. The highest BCUT2D eigenvalue weighted by molar-refractivity contribution is 6.30. The normalized spacial score (nSPS) is 16.2. The Morgan fingerprint density at radius 3 is 2.68 bits per heavy atom. The number of carbonyl (C=O) groups excluding carboxylic acids is 1. The molecule has 1 aliphatic rings.